The summed E-state index contributed by atoms with van der Waals surface area (Å²) in [7, 11) is 1.48. The van der Waals surface area contributed by atoms with Crippen molar-refractivity contribution in [3.8, 4) is 5.75 Å². The van der Waals surface area contributed by atoms with Crippen molar-refractivity contribution in [1.29, 1.82) is 0 Å². The Hall–Kier alpha value is -2.66. The summed E-state index contributed by atoms with van der Waals surface area (Å²) < 4.78 is 30.6. The van der Waals surface area contributed by atoms with Crippen LogP contribution in [0.5, 0.6) is 5.75 Å². The normalized spacial score (nSPS) is 20.2. The van der Waals surface area contributed by atoms with Gasteiger partial charge in [0.05, 0.1) is 28.4 Å². The van der Waals surface area contributed by atoms with Gasteiger partial charge in [0.25, 0.3) is 18.2 Å². The minimum Gasteiger partial charge on any atom is -0.486 e. The van der Waals surface area contributed by atoms with Crippen molar-refractivity contribution >= 4 is 40.7 Å². The Morgan fingerprint density at radius 3 is 2.45 bits per heavy atom. The maximum absolute atomic E-state index is 12.8. The predicted octanol–water partition coefficient (Wildman–Crippen LogP) is 3.44. The molecule has 2 heterocycles. The number of amides is 2. The van der Waals surface area contributed by atoms with E-state index in [9.17, 15) is 23.5 Å². The SMILES string of the molecule is CNC(=O)c1cc(Cl)c(OCC(F)F)cc1N1C[C@@H](O)[C@H](NC2CCN(C(=O)c3ccc(Cl)cc3)CC2)C1. The first-order valence-electron chi connectivity index (χ1n) is 12.4. The van der Waals surface area contributed by atoms with Gasteiger partial charge in [-0.1, -0.05) is 23.2 Å². The molecule has 0 radical (unpaired) electrons. The molecule has 8 nitrogen and oxygen atoms in total. The number of hydrogen-bond donors (Lipinski definition) is 3. The largest absolute Gasteiger partial charge is 0.486 e. The maximum atomic E-state index is 12.8. The number of nitrogens with one attached hydrogen (secondary N) is 2. The molecule has 0 aromatic heterocycles. The number of aliphatic hydroxyl groups is 1. The van der Waals surface area contributed by atoms with Gasteiger partial charge in [0, 0.05) is 55.9 Å². The van der Waals surface area contributed by atoms with E-state index in [1.807, 2.05) is 9.80 Å². The molecule has 0 unspecified atom stereocenters. The monoisotopic (exact) mass is 570 g/mol. The van der Waals surface area contributed by atoms with E-state index in [1.54, 1.807) is 24.3 Å². The number of rotatable bonds is 8. The van der Waals surface area contributed by atoms with Crippen LogP contribution in [0.3, 0.4) is 0 Å². The number of aliphatic hydroxyl groups excluding tert-OH is 1. The minimum atomic E-state index is -2.68. The van der Waals surface area contributed by atoms with Gasteiger partial charge in [-0.15, -0.1) is 0 Å². The van der Waals surface area contributed by atoms with Crippen LogP contribution < -0.4 is 20.3 Å². The smallest absolute Gasteiger partial charge is 0.272 e. The van der Waals surface area contributed by atoms with Gasteiger partial charge in [0.1, 0.15) is 12.4 Å². The van der Waals surface area contributed by atoms with Gasteiger partial charge in [0.2, 0.25) is 0 Å². The first-order valence-corrected chi connectivity index (χ1v) is 13.1. The third-order valence-electron chi connectivity index (χ3n) is 6.84. The summed E-state index contributed by atoms with van der Waals surface area (Å²) >= 11 is 12.1. The number of ether oxygens (including phenoxy) is 1. The molecule has 3 N–H and O–H groups in total. The standard InChI is InChI=1S/C26H30Cl2F2N4O4/c1-31-25(36)18-10-19(28)23(38-14-24(29)30)11-21(18)34-12-20(22(35)13-34)32-17-6-8-33(9-7-17)26(37)15-2-4-16(27)5-3-15/h2-5,10-11,17,20,22,24,32,35H,6-9,12-14H2,1H3,(H,31,36)/t20-,22-/m1/s1. The fourth-order valence-electron chi connectivity index (χ4n) is 4.86. The molecule has 2 fully saturated rings. The summed E-state index contributed by atoms with van der Waals surface area (Å²) in [5.74, 6) is -0.397. The molecule has 2 atom stereocenters. The van der Waals surface area contributed by atoms with Gasteiger partial charge in [-0.2, -0.15) is 0 Å². The molecule has 2 aromatic rings. The molecule has 2 saturated heterocycles. The van der Waals surface area contributed by atoms with Gasteiger partial charge in [-0.25, -0.2) is 8.78 Å². The van der Waals surface area contributed by atoms with Gasteiger partial charge < -0.3 is 30.3 Å². The lowest BCUT2D eigenvalue weighted by molar-refractivity contribution is 0.0691. The lowest BCUT2D eigenvalue weighted by atomic mass is 10.0. The fourth-order valence-corrected chi connectivity index (χ4v) is 5.20. The second-order valence-electron chi connectivity index (χ2n) is 9.40. The first kappa shape index (κ1) is 28.4. The van der Waals surface area contributed by atoms with Crippen LogP contribution in [0.4, 0.5) is 14.5 Å². The highest BCUT2D eigenvalue weighted by Gasteiger charge is 2.36. The van der Waals surface area contributed by atoms with E-state index < -0.39 is 25.0 Å². The highest BCUT2D eigenvalue weighted by molar-refractivity contribution is 6.32. The molecule has 4 rings (SSSR count). The summed E-state index contributed by atoms with van der Waals surface area (Å²) in [5.41, 5.74) is 1.28. The molecule has 0 spiro atoms. The lowest BCUT2D eigenvalue weighted by Crippen LogP contribution is -2.50. The molecule has 0 saturated carbocycles. The molecular formula is C26H30Cl2F2N4O4. The number of alkyl halides is 2. The van der Waals surface area contributed by atoms with Crippen molar-refractivity contribution in [1.82, 2.24) is 15.5 Å². The van der Waals surface area contributed by atoms with E-state index in [4.69, 9.17) is 27.9 Å². The van der Waals surface area contributed by atoms with Crippen LogP contribution in [0.15, 0.2) is 36.4 Å². The van der Waals surface area contributed by atoms with Crippen molar-refractivity contribution in [2.75, 3.05) is 44.7 Å². The van der Waals surface area contributed by atoms with Crippen molar-refractivity contribution in [3.63, 3.8) is 0 Å². The van der Waals surface area contributed by atoms with Crippen LogP contribution in [-0.4, -0.2) is 86.3 Å². The molecule has 2 aliphatic rings. The number of benzene rings is 2. The van der Waals surface area contributed by atoms with Gasteiger partial charge in [-0.3, -0.25) is 9.59 Å². The molecule has 12 heteroatoms. The van der Waals surface area contributed by atoms with Gasteiger partial charge >= 0.3 is 0 Å². The highest BCUT2D eigenvalue weighted by Crippen LogP contribution is 2.35. The maximum Gasteiger partial charge on any atom is 0.272 e. The molecule has 38 heavy (non-hydrogen) atoms. The van der Waals surface area contributed by atoms with Gasteiger partial charge in [-0.05, 0) is 43.2 Å². The number of halogens is 4. The summed E-state index contributed by atoms with van der Waals surface area (Å²) in [5, 5.41) is 17.5. The van der Waals surface area contributed by atoms with E-state index in [0.29, 0.717) is 35.9 Å². The Bertz CT molecular complexity index is 1150. The second kappa shape index (κ2) is 12.5. The Morgan fingerprint density at radius 1 is 1.13 bits per heavy atom. The quantitative estimate of drug-likeness (QED) is 0.450. The lowest BCUT2D eigenvalue weighted by Gasteiger charge is -2.34. The van der Waals surface area contributed by atoms with E-state index in [2.05, 4.69) is 10.6 Å². The van der Waals surface area contributed by atoms with E-state index >= 15 is 0 Å². The number of nitrogens with zero attached hydrogens (tertiary/aromatic N) is 2. The molecular weight excluding hydrogens is 541 g/mol. The number of β-amino-alcohol motifs (C(OH)–C–C–N with tert-alkyl or cyclic N) is 1. The van der Waals surface area contributed by atoms with Crippen LogP contribution in [0, 0.1) is 0 Å². The molecule has 2 amide bonds. The minimum absolute atomic E-state index is 0.0400. The predicted molar refractivity (Wildman–Crippen MR) is 142 cm³/mol. The van der Waals surface area contributed by atoms with Crippen molar-refractivity contribution < 1.29 is 28.2 Å². The highest BCUT2D eigenvalue weighted by atomic mass is 35.5. The van der Waals surface area contributed by atoms with Crippen LogP contribution in [0.25, 0.3) is 0 Å². The molecule has 2 aromatic carbocycles. The molecule has 0 aliphatic carbocycles. The summed E-state index contributed by atoms with van der Waals surface area (Å²) in [6.07, 6.45) is -1.97. The topological polar surface area (TPSA) is 94.1 Å². The zero-order valence-electron chi connectivity index (χ0n) is 20.8. The third-order valence-corrected chi connectivity index (χ3v) is 7.39. The number of likely N-dealkylation sites (tertiary alicyclic amines) is 1. The number of piperidine rings is 1. The van der Waals surface area contributed by atoms with Crippen LogP contribution in [0.1, 0.15) is 33.6 Å². The average molecular weight is 571 g/mol. The van der Waals surface area contributed by atoms with Crippen molar-refractivity contribution in [3.05, 3.63) is 57.6 Å². The summed E-state index contributed by atoms with van der Waals surface area (Å²) in [6.45, 7) is 0.934. The number of hydrogen-bond acceptors (Lipinski definition) is 6. The average Bonchev–Trinajstić information content (AvgIpc) is 3.27. The zero-order valence-corrected chi connectivity index (χ0v) is 22.3. The van der Waals surface area contributed by atoms with Gasteiger partial charge in [0.15, 0.2) is 0 Å². The Labute approximate surface area is 229 Å². The third kappa shape index (κ3) is 6.66. The number of carbonyl (C=O) groups excluding carboxylic acids is 2. The second-order valence-corrected chi connectivity index (χ2v) is 10.2. The Morgan fingerprint density at radius 2 is 1.82 bits per heavy atom. The van der Waals surface area contributed by atoms with Crippen molar-refractivity contribution in [2.45, 2.75) is 37.5 Å². The summed E-state index contributed by atoms with van der Waals surface area (Å²) in [6, 6.07) is 9.47. The molecule has 0 bridgehead atoms. The number of anilines is 1. The molecule has 2 aliphatic heterocycles. The van der Waals surface area contributed by atoms with Crippen LogP contribution >= 0.6 is 23.2 Å². The first-order chi connectivity index (χ1) is 18.2. The van der Waals surface area contributed by atoms with E-state index in [-0.39, 0.29) is 40.9 Å². The fraction of sp³-hybridized carbons (Fsp3) is 0.462. The number of carbonyl (C=O) groups is 2. The van der Waals surface area contributed by atoms with E-state index in [1.165, 1.54) is 19.2 Å². The van der Waals surface area contributed by atoms with Crippen molar-refractivity contribution in [2.24, 2.45) is 0 Å². The molecule has 206 valence electrons. The summed E-state index contributed by atoms with van der Waals surface area (Å²) in [4.78, 5) is 28.9. The van der Waals surface area contributed by atoms with Crippen LogP contribution in [-0.2, 0) is 0 Å². The Kier molecular flexibility index (Phi) is 9.30. The van der Waals surface area contributed by atoms with Crippen LogP contribution in [0.2, 0.25) is 10.0 Å². The Balaban J connectivity index is 1.40. The van der Waals surface area contributed by atoms with E-state index in [0.717, 1.165) is 12.8 Å². The zero-order chi connectivity index (χ0) is 27.4.